The highest BCUT2D eigenvalue weighted by atomic mass is 14.9. The van der Waals surface area contributed by atoms with E-state index in [9.17, 15) is 0 Å². The summed E-state index contributed by atoms with van der Waals surface area (Å²) < 4.78 is 0. The molecule has 0 aliphatic heterocycles. The molecule has 0 saturated carbocycles. The molecule has 8 aromatic carbocycles. The lowest BCUT2D eigenvalue weighted by molar-refractivity contribution is 0.769. The first-order valence-corrected chi connectivity index (χ1v) is 18.8. The fourth-order valence-electron chi connectivity index (χ4n) is 8.48. The predicted octanol–water partition coefficient (Wildman–Crippen LogP) is 13.2. The number of hydrogen-bond donors (Lipinski definition) is 0. The van der Waals surface area contributed by atoms with Gasteiger partial charge in [-0.2, -0.15) is 0 Å². The fraction of sp³-hybridized carbons (Fsp3) is 0.0189. The molecule has 55 heavy (non-hydrogen) atoms. The van der Waals surface area contributed by atoms with Gasteiger partial charge in [-0.05, 0) is 67.8 Å². The predicted molar refractivity (Wildman–Crippen MR) is 227 cm³/mol. The van der Waals surface area contributed by atoms with Crippen LogP contribution in [0.5, 0.6) is 0 Å². The van der Waals surface area contributed by atoms with Gasteiger partial charge in [0.1, 0.15) is 0 Å². The summed E-state index contributed by atoms with van der Waals surface area (Å²) >= 11 is 0. The summed E-state index contributed by atoms with van der Waals surface area (Å²) in [7, 11) is 0. The molecule has 9 aromatic rings. The monoisotopic (exact) mass is 700 g/mol. The molecule has 1 aliphatic rings. The van der Waals surface area contributed by atoms with E-state index in [1.807, 2.05) is 24.3 Å². The number of rotatable bonds is 7. The van der Waals surface area contributed by atoms with Gasteiger partial charge >= 0.3 is 0 Å². The van der Waals surface area contributed by atoms with E-state index in [1.165, 1.54) is 44.5 Å². The van der Waals surface area contributed by atoms with Crippen LogP contribution in [0.3, 0.4) is 0 Å². The third-order valence-electron chi connectivity index (χ3n) is 11.0. The van der Waals surface area contributed by atoms with E-state index in [0.717, 1.165) is 39.2 Å². The summed E-state index contributed by atoms with van der Waals surface area (Å²) in [4.78, 5) is 10.4. The molecule has 0 N–H and O–H groups in total. The Morgan fingerprint density at radius 1 is 0.273 bits per heavy atom. The van der Waals surface area contributed by atoms with Gasteiger partial charge in [0.2, 0.25) is 0 Å². The molecular weight excluding hydrogens is 665 g/mol. The first-order valence-electron chi connectivity index (χ1n) is 18.8. The van der Waals surface area contributed by atoms with Crippen LogP contribution in [0.25, 0.3) is 67.3 Å². The molecular formula is C53H36N2. The molecule has 10 rings (SSSR count). The second-order valence-electron chi connectivity index (χ2n) is 14.1. The Balaban J connectivity index is 1.16. The van der Waals surface area contributed by atoms with Crippen LogP contribution >= 0.6 is 0 Å². The molecule has 0 radical (unpaired) electrons. The van der Waals surface area contributed by atoms with E-state index in [0.29, 0.717) is 5.82 Å². The molecule has 0 unspecified atom stereocenters. The first-order chi connectivity index (χ1) is 27.3. The van der Waals surface area contributed by atoms with Crippen molar-refractivity contribution in [3.8, 4) is 67.3 Å². The molecule has 0 saturated heterocycles. The van der Waals surface area contributed by atoms with Crippen molar-refractivity contribution in [3.05, 3.63) is 241 Å². The minimum absolute atomic E-state index is 0.478. The summed E-state index contributed by atoms with van der Waals surface area (Å²) in [5, 5.41) is 0. The minimum atomic E-state index is -0.478. The van der Waals surface area contributed by atoms with E-state index in [-0.39, 0.29) is 0 Å². The molecule has 1 heterocycles. The molecule has 0 bridgehead atoms. The van der Waals surface area contributed by atoms with Gasteiger partial charge in [0, 0.05) is 16.7 Å². The zero-order valence-electron chi connectivity index (χ0n) is 30.2. The molecule has 0 amide bonds. The second kappa shape index (κ2) is 13.7. The average molecular weight is 701 g/mol. The highest BCUT2D eigenvalue weighted by Gasteiger charge is 2.46. The van der Waals surface area contributed by atoms with E-state index >= 15 is 0 Å². The molecule has 0 fully saturated rings. The normalized spacial score (nSPS) is 12.5. The lowest BCUT2D eigenvalue weighted by atomic mass is 9.67. The summed E-state index contributed by atoms with van der Waals surface area (Å²) in [6.07, 6.45) is 0. The molecule has 0 spiro atoms. The zero-order chi connectivity index (χ0) is 36.6. The van der Waals surface area contributed by atoms with Crippen LogP contribution in [-0.4, -0.2) is 9.97 Å². The van der Waals surface area contributed by atoms with Crippen molar-refractivity contribution in [1.29, 1.82) is 0 Å². The van der Waals surface area contributed by atoms with Gasteiger partial charge in [-0.3, -0.25) is 0 Å². The molecule has 2 heteroatoms. The maximum absolute atomic E-state index is 5.27. The quantitative estimate of drug-likeness (QED) is 0.165. The summed E-state index contributed by atoms with van der Waals surface area (Å²) in [5.74, 6) is 0.701. The van der Waals surface area contributed by atoms with Crippen molar-refractivity contribution in [1.82, 2.24) is 9.97 Å². The standard InChI is InChI=1S/C53H36N2/c1-5-17-37(18-6-1)38-29-31-39(32-30-38)50-36-51(55-52(54-50)40-19-7-2-8-20-40)47-27-14-13-25-44(47)41-33-34-46-45-26-15-16-28-48(45)53(49(46)35-41,42-21-9-3-10-22-42)43-23-11-4-12-24-43/h1-36H. The van der Waals surface area contributed by atoms with Gasteiger partial charge in [0.15, 0.2) is 5.82 Å². The first kappa shape index (κ1) is 32.5. The molecule has 2 nitrogen and oxygen atoms in total. The lowest BCUT2D eigenvalue weighted by Gasteiger charge is -2.34. The van der Waals surface area contributed by atoms with Crippen LogP contribution in [0.15, 0.2) is 218 Å². The Hall–Kier alpha value is -7.16. The molecule has 1 aliphatic carbocycles. The third kappa shape index (κ3) is 5.59. The Kier molecular flexibility index (Phi) is 8.08. The number of fused-ring (bicyclic) bond motifs is 3. The highest BCUT2D eigenvalue weighted by Crippen LogP contribution is 2.56. The fourth-order valence-corrected chi connectivity index (χ4v) is 8.48. The van der Waals surface area contributed by atoms with E-state index < -0.39 is 5.41 Å². The smallest absolute Gasteiger partial charge is 0.160 e. The van der Waals surface area contributed by atoms with Gasteiger partial charge < -0.3 is 0 Å². The van der Waals surface area contributed by atoms with E-state index in [2.05, 4.69) is 194 Å². The van der Waals surface area contributed by atoms with Crippen molar-refractivity contribution in [2.24, 2.45) is 0 Å². The topological polar surface area (TPSA) is 25.8 Å². The van der Waals surface area contributed by atoms with Crippen LogP contribution in [0.4, 0.5) is 0 Å². The van der Waals surface area contributed by atoms with Crippen molar-refractivity contribution in [3.63, 3.8) is 0 Å². The van der Waals surface area contributed by atoms with Crippen LogP contribution in [-0.2, 0) is 5.41 Å². The maximum atomic E-state index is 5.27. The highest BCUT2D eigenvalue weighted by molar-refractivity contribution is 5.91. The van der Waals surface area contributed by atoms with E-state index in [4.69, 9.17) is 9.97 Å². The molecule has 0 atom stereocenters. The van der Waals surface area contributed by atoms with Gasteiger partial charge in [-0.15, -0.1) is 0 Å². The Morgan fingerprint density at radius 3 is 1.38 bits per heavy atom. The molecule has 258 valence electrons. The van der Waals surface area contributed by atoms with Crippen LogP contribution in [0, 0.1) is 0 Å². The lowest BCUT2D eigenvalue weighted by Crippen LogP contribution is -2.28. The summed E-state index contributed by atoms with van der Waals surface area (Å²) in [6, 6.07) is 78.2. The number of aromatic nitrogens is 2. The third-order valence-corrected chi connectivity index (χ3v) is 11.0. The Labute approximate surface area is 322 Å². The SMILES string of the molecule is c1ccc(-c2ccc(-c3cc(-c4ccccc4-c4ccc5c(c4)C(c4ccccc4)(c4ccccc4)c4ccccc4-5)nc(-c4ccccc4)n3)cc2)cc1. The van der Waals surface area contributed by atoms with Crippen molar-refractivity contribution in [2.75, 3.05) is 0 Å². The molecule has 1 aromatic heterocycles. The van der Waals surface area contributed by atoms with Crippen LogP contribution < -0.4 is 0 Å². The summed E-state index contributed by atoms with van der Waals surface area (Å²) in [6.45, 7) is 0. The van der Waals surface area contributed by atoms with Gasteiger partial charge in [0.05, 0.1) is 16.8 Å². The Bertz CT molecular complexity index is 2740. The van der Waals surface area contributed by atoms with Crippen molar-refractivity contribution in [2.45, 2.75) is 5.41 Å². The zero-order valence-corrected chi connectivity index (χ0v) is 30.2. The van der Waals surface area contributed by atoms with Crippen molar-refractivity contribution < 1.29 is 0 Å². The number of nitrogens with zero attached hydrogens (tertiary/aromatic N) is 2. The average Bonchev–Trinajstić information content (AvgIpc) is 3.58. The van der Waals surface area contributed by atoms with Crippen molar-refractivity contribution >= 4 is 0 Å². The van der Waals surface area contributed by atoms with Gasteiger partial charge in [0.25, 0.3) is 0 Å². The largest absolute Gasteiger partial charge is 0.228 e. The Morgan fingerprint density at radius 2 is 0.727 bits per heavy atom. The minimum Gasteiger partial charge on any atom is -0.228 e. The van der Waals surface area contributed by atoms with Crippen LogP contribution in [0.2, 0.25) is 0 Å². The summed E-state index contributed by atoms with van der Waals surface area (Å²) in [5.41, 5.74) is 16.6. The van der Waals surface area contributed by atoms with E-state index in [1.54, 1.807) is 0 Å². The van der Waals surface area contributed by atoms with Crippen LogP contribution in [0.1, 0.15) is 22.3 Å². The van der Waals surface area contributed by atoms with Gasteiger partial charge in [-0.1, -0.05) is 206 Å². The maximum Gasteiger partial charge on any atom is 0.160 e. The number of hydrogen-bond acceptors (Lipinski definition) is 2. The second-order valence-corrected chi connectivity index (χ2v) is 14.1. The van der Waals surface area contributed by atoms with Gasteiger partial charge in [-0.25, -0.2) is 9.97 Å². The number of benzene rings is 8.